The number of benzene rings is 6. The van der Waals surface area contributed by atoms with Gasteiger partial charge in [0.25, 0.3) is 0 Å². The molecule has 0 aromatic heterocycles. The van der Waals surface area contributed by atoms with Crippen molar-refractivity contribution in [2.45, 2.75) is 74.2 Å². The lowest BCUT2D eigenvalue weighted by Crippen LogP contribution is -2.47. The molecule has 0 spiro atoms. The third-order valence-electron chi connectivity index (χ3n) is 10.3. The van der Waals surface area contributed by atoms with Gasteiger partial charge in [-0.3, -0.25) is 9.59 Å². The number of sulfonamides is 1. The summed E-state index contributed by atoms with van der Waals surface area (Å²) in [6, 6.07) is 46.3. The van der Waals surface area contributed by atoms with Crippen LogP contribution in [0.5, 0.6) is 0 Å². The number of aliphatic hydroxyl groups excluding tert-OH is 1. The maximum absolute atomic E-state index is 13.7. The number of rotatable bonds is 16. The normalized spacial score (nSPS) is 17.0. The standard InChI is InChI=1S/C49H49N3O7S2/c1-33-14-24-45(25-15-33)61(56,57)52-46(27-35-8-4-3-5-9-35)48(55)50-30-37-10-6-11-39(26-37)40-12-7-13-41(28-40)49-58-43(29-47(59-49)38-18-16-36(31-53)17-19-38)32-60-44-22-20-42(21-23-44)51-34(2)54/h3-26,28,43,46-47,49,52-53H,27,29-32H2,1-2H3,(H,50,55)(H,51,54)/t43-,46+,47+,49+/m0/s1. The van der Waals surface area contributed by atoms with Gasteiger partial charge in [0.1, 0.15) is 6.04 Å². The Morgan fingerprint density at radius 1 is 0.754 bits per heavy atom. The molecule has 1 aliphatic heterocycles. The SMILES string of the molecule is CC(=O)Nc1ccc(SC[C@@H]2C[C@H](c3ccc(CO)cc3)O[C@H](c3cccc(-c4cccc(CNC(=O)[C@@H](Cc5ccccc5)NS(=O)(=O)c5ccc(C)cc5)c4)c3)O2)cc1. The van der Waals surface area contributed by atoms with Crippen LogP contribution >= 0.6 is 11.8 Å². The highest BCUT2D eigenvalue weighted by Gasteiger charge is 2.33. The second-order valence-electron chi connectivity index (χ2n) is 15.1. The van der Waals surface area contributed by atoms with E-state index in [-0.39, 0.29) is 42.6 Å². The molecule has 6 aromatic carbocycles. The van der Waals surface area contributed by atoms with Gasteiger partial charge < -0.3 is 25.2 Å². The number of ether oxygens (including phenoxy) is 2. The van der Waals surface area contributed by atoms with Gasteiger partial charge >= 0.3 is 0 Å². The minimum Gasteiger partial charge on any atom is -0.392 e. The van der Waals surface area contributed by atoms with Gasteiger partial charge in [-0.1, -0.05) is 109 Å². The highest BCUT2D eigenvalue weighted by atomic mass is 32.2. The molecule has 0 bridgehead atoms. The lowest BCUT2D eigenvalue weighted by molar-refractivity contribution is -0.245. The van der Waals surface area contributed by atoms with Crippen molar-refractivity contribution in [2.24, 2.45) is 0 Å². The van der Waals surface area contributed by atoms with Crippen molar-refractivity contribution in [3.8, 4) is 11.1 Å². The quantitative estimate of drug-likeness (QED) is 0.0709. The Kier molecular flexibility index (Phi) is 14.5. The van der Waals surface area contributed by atoms with Gasteiger partial charge in [-0.25, -0.2) is 8.42 Å². The van der Waals surface area contributed by atoms with Crippen molar-refractivity contribution in [1.82, 2.24) is 10.0 Å². The van der Waals surface area contributed by atoms with Crippen LogP contribution in [0.15, 0.2) is 161 Å². The van der Waals surface area contributed by atoms with Crippen LogP contribution in [-0.4, -0.2) is 43.2 Å². The molecule has 1 heterocycles. The Morgan fingerprint density at radius 3 is 2.15 bits per heavy atom. The number of anilines is 1. The molecule has 10 nitrogen and oxygen atoms in total. The van der Waals surface area contributed by atoms with Crippen LogP contribution in [-0.2, 0) is 48.7 Å². The molecule has 0 saturated carbocycles. The molecule has 4 N–H and O–H groups in total. The summed E-state index contributed by atoms with van der Waals surface area (Å²) in [6.07, 6.45) is -0.237. The molecular weight excluding hydrogens is 807 g/mol. The Hall–Kier alpha value is -5.60. The number of carbonyl (C=O) groups is 2. The van der Waals surface area contributed by atoms with Crippen LogP contribution in [0.1, 0.15) is 59.1 Å². The average molecular weight is 856 g/mol. The molecule has 7 rings (SSSR count). The average Bonchev–Trinajstić information content (AvgIpc) is 3.28. The van der Waals surface area contributed by atoms with Crippen LogP contribution in [0.3, 0.4) is 0 Å². The first kappa shape index (κ1) is 43.5. The van der Waals surface area contributed by atoms with Crippen LogP contribution in [0.2, 0.25) is 0 Å². The Morgan fingerprint density at radius 2 is 1.44 bits per heavy atom. The Bertz CT molecular complexity index is 2520. The van der Waals surface area contributed by atoms with E-state index in [0.29, 0.717) is 12.2 Å². The predicted molar refractivity (Wildman–Crippen MR) is 239 cm³/mol. The van der Waals surface area contributed by atoms with E-state index >= 15 is 0 Å². The van der Waals surface area contributed by atoms with Crippen molar-refractivity contribution in [1.29, 1.82) is 0 Å². The summed E-state index contributed by atoms with van der Waals surface area (Å²) in [6.45, 7) is 3.51. The van der Waals surface area contributed by atoms with Crippen LogP contribution < -0.4 is 15.4 Å². The maximum Gasteiger partial charge on any atom is 0.241 e. The number of hydrogen-bond acceptors (Lipinski definition) is 8. The third kappa shape index (κ3) is 12.0. The van der Waals surface area contributed by atoms with Gasteiger partial charge in [0.2, 0.25) is 21.8 Å². The number of aryl methyl sites for hydroxylation is 1. The van der Waals surface area contributed by atoms with Crippen LogP contribution in [0.25, 0.3) is 11.1 Å². The first-order valence-corrected chi connectivity index (χ1v) is 22.6. The largest absolute Gasteiger partial charge is 0.392 e. The molecule has 12 heteroatoms. The number of hydrogen-bond donors (Lipinski definition) is 4. The molecule has 1 saturated heterocycles. The zero-order valence-corrected chi connectivity index (χ0v) is 35.6. The fourth-order valence-corrected chi connectivity index (χ4v) is 9.22. The number of thioether (sulfide) groups is 1. The second kappa shape index (κ2) is 20.3. The van der Waals surface area contributed by atoms with Crippen molar-refractivity contribution in [3.05, 3.63) is 185 Å². The number of carbonyl (C=O) groups excluding carboxylic acids is 2. The summed E-state index contributed by atoms with van der Waals surface area (Å²) < 4.78 is 42.7. The van der Waals surface area contributed by atoms with E-state index in [2.05, 4.69) is 21.4 Å². The first-order chi connectivity index (χ1) is 29.5. The summed E-state index contributed by atoms with van der Waals surface area (Å²) in [5.74, 6) is 0.124. The van der Waals surface area contributed by atoms with Gasteiger partial charge in [0.05, 0.1) is 23.7 Å². The molecule has 6 aromatic rings. The highest BCUT2D eigenvalue weighted by molar-refractivity contribution is 7.99. The van der Waals surface area contributed by atoms with E-state index in [1.165, 1.54) is 19.1 Å². The molecule has 314 valence electrons. The van der Waals surface area contributed by atoms with Gasteiger partial charge in [0.15, 0.2) is 6.29 Å². The molecule has 2 amide bonds. The number of amides is 2. The molecule has 4 atom stereocenters. The number of aliphatic hydroxyl groups is 1. The van der Waals surface area contributed by atoms with Crippen LogP contribution in [0, 0.1) is 6.92 Å². The summed E-state index contributed by atoms with van der Waals surface area (Å²) >= 11 is 1.68. The molecule has 61 heavy (non-hydrogen) atoms. The summed E-state index contributed by atoms with van der Waals surface area (Å²) in [5, 5.41) is 15.4. The van der Waals surface area contributed by atoms with E-state index in [4.69, 9.17) is 9.47 Å². The molecular formula is C49H49N3O7S2. The Labute approximate surface area is 361 Å². The monoisotopic (exact) mass is 855 g/mol. The highest BCUT2D eigenvalue weighted by Crippen LogP contribution is 2.40. The minimum atomic E-state index is -3.98. The van der Waals surface area contributed by atoms with E-state index in [1.807, 2.05) is 128 Å². The van der Waals surface area contributed by atoms with Crippen molar-refractivity contribution >= 4 is 39.3 Å². The summed E-state index contributed by atoms with van der Waals surface area (Å²) in [4.78, 5) is 26.4. The predicted octanol–water partition coefficient (Wildman–Crippen LogP) is 8.66. The minimum absolute atomic E-state index is 0.0389. The first-order valence-electron chi connectivity index (χ1n) is 20.1. The third-order valence-corrected chi connectivity index (χ3v) is 13.0. The van der Waals surface area contributed by atoms with E-state index in [0.717, 1.165) is 55.1 Å². The maximum atomic E-state index is 13.7. The van der Waals surface area contributed by atoms with Crippen molar-refractivity contribution in [2.75, 3.05) is 11.1 Å². The lowest BCUT2D eigenvalue weighted by Gasteiger charge is -2.36. The Balaban J connectivity index is 1.06. The van der Waals surface area contributed by atoms with Crippen molar-refractivity contribution < 1.29 is 32.6 Å². The fraction of sp³-hybridized carbons (Fsp3) is 0.224. The molecule has 0 radical (unpaired) electrons. The van der Waals surface area contributed by atoms with Gasteiger partial charge in [-0.2, -0.15) is 4.72 Å². The molecule has 0 unspecified atom stereocenters. The van der Waals surface area contributed by atoms with E-state index < -0.39 is 28.3 Å². The van der Waals surface area contributed by atoms with Crippen LogP contribution in [0.4, 0.5) is 5.69 Å². The van der Waals surface area contributed by atoms with Gasteiger partial charge in [-0.05, 0) is 95.3 Å². The summed E-state index contributed by atoms with van der Waals surface area (Å²) in [7, 11) is -3.98. The zero-order chi connectivity index (χ0) is 42.8. The van der Waals surface area contributed by atoms with Gasteiger partial charge in [0, 0.05) is 41.8 Å². The zero-order valence-electron chi connectivity index (χ0n) is 34.0. The smallest absolute Gasteiger partial charge is 0.241 e. The molecule has 1 fully saturated rings. The molecule has 0 aliphatic carbocycles. The lowest BCUT2D eigenvalue weighted by atomic mass is 9.99. The summed E-state index contributed by atoms with van der Waals surface area (Å²) in [5.41, 5.74) is 7.89. The van der Waals surface area contributed by atoms with Crippen molar-refractivity contribution in [3.63, 3.8) is 0 Å². The second-order valence-corrected chi connectivity index (χ2v) is 17.9. The van der Waals surface area contributed by atoms with Gasteiger partial charge in [-0.15, -0.1) is 11.8 Å². The topological polar surface area (TPSA) is 143 Å². The number of nitrogens with one attached hydrogen (secondary N) is 3. The fourth-order valence-electron chi connectivity index (χ4n) is 7.10. The van der Waals surface area contributed by atoms with E-state index in [1.54, 1.807) is 23.9 Å². The van der Waals surface area contributed by atoms with E-state index in [9.17, 15) is 23.1 Å². The molecule has 1 aliphatic rings.